The molecule has 6 aromatic rings. The Morgan fingerprint density at radius 1 is 0.542 bits per heavy atom. The van der Waals surface area contributed by atoms with Crippen LogP contribution in [-0.4, -0.2) is 37.6 Å². The molecule has 48 heavy (non-hydrogen) atoms. The predicted octanol–water partition coefficient (Wildman–Crippen LogP) is 9.66. The quantitative estimate of drug-likeness (QED) is 0.0815. The molecule has 0 amide bonds. The van der Waals surface area contributed by atoms with Gasteiger partial charge in [0.25, 0.3) is 5.79 Å². The highest BCUT2D eigenvalue weighted by Gasteiger charge is 2.59. The minimum absolute atomic E-state index is 0.170. The van der Waals surface area contributed by atoms with E-state index in [1.165, 1.54) is 0 Å². The van der Waals surface area contributed by atoms with Gasteiger partial charge in [-0.05, 0) is 80.2 Å². The second-order valence-electron chi connectivity index (χ2n) is 12.8. The van der Waals surface area contributed by atoms with Crippen LogP contribution in [0.2, 0.25) is 0 Å². The van der Waals surface area contributed by atoms with Gasteiger partial charge in [-0.2, -0.15) is 0 Å². The smallest absolute Gasteiger partial charge is 0.269 e. The van der Waals surface area contributed by atoms with E-state index in [0.29, 0.717) is 41.8 Å². The Morgan fingerprint density at radius 3 is 1.29 bits per heavy atom. The summed E-state index contributed by atoms with van der Waals surface area (Å²) in [6, 6.07) is 23.0. The first kappa shape index (κ1) is 30.6. The monoisotopic (exact) mass is 656 g/mol. The van der Waals surface area contributed by atoms with Gasteiger partial charge in [-0.1, -0.05) is 48.5 Å². The fraction of sp³-hybridized carbons (Fsp3) is 0.179. The normalized spacial score (nSPS) is 16.1. The summed E-state index contributed by atoms with van der Waals surface area (Å²) in [6.07, 6.45) is 0. The van der Waals surface area contributed by atoms with Crippen molar-refractivity contribution in [1.29, 1.82) is 0 Å². The van der Waals surface area contributed by atoms with Crippen molar-refractivity contribution in [2.45, 2.75) is 18.9 Å². The Bertz CT molecular complexity index is 2110. The van der Waals surface area contributed by atoms with Crippen molar-refractivity contribution in [3.8, 4) is 33.4 Å². The molecule has 242 valence electrons. The maximum Gasteiger partial charge on any atom is 0.269 e. The number of benzene rings is 6. The van der Waals surface area contributed by atoms with E-state index in [0.717, 1.165) is 68.1 Å². The van der Waals surface area contributed by atoms with Gasteiger partial charge in [0.1, 0.15) is 26.2 Å². The van der Waals surface area contributed by atoms with Crippen LogP contribution < -0.4 is 0 Å². The standard InChI is InChI=1S/C39H28F6NO2/c1-47-39(48-2)19-46(20-39)17-29-27(23-13-31(40)37(44)32(41)14-23)11-21-7-3-5-9-25(21)35(29)36-26-10-6-4-8-22(26)12-28(30(36)18-46)24-15-33(42)38(45)34(43)16-24/h3-16H,17-20H2,1-2H3/q+1. The van der Waals surface area contributed by atoms with Crippen LogP contribution in [0.4, 0.5) is 26.3 Å². The zero-order chi connectivity index (χ0) is 33.5. The molecule has 0 unspecified atom stereocenters. The molecule has 0 saturated carbocycles. The van der Waals surface area contributed by atoms with E-state index in [4.69, 9.17) is 9.47 Å². The van der Waals surface area contributed by atoms with Crippen molar-refractivity contribution in [3.05, 3.63) is 131 Å². The Balaban J connectivity index is 1.55. The molecule has 0 N–H and O–H groups in total. The summed E-state index contributed by atoms with van der Waals surface area (Å²) < 4.78 is 99.7. The van der Waals surface area contributed by atoms with Gasteiger partial charge >= 0.3 is 0 Å². The molecule has 2 aliphatic heterocycles. The number of nitrogens with zero attached hydrogens (tertiary/aromatic N) is 1. The van der Waals surface area contributed by atoms with Crippen LogP contribution in [0.1, 0.15) is 11.1 Å². The number of quaternary nitrogens is 1. The van der Waals surface area contributed by atoms with E-state index in [1.807, 2.05) is 60.7 Å². The molecule has 6 aromatic carbocycles. The van der Waals surface area contributed by atoms with Crippen molar-refractivity contribution in [1.82, 2.24) is 0 Å². The first-order valence-electron chi connectivity index (χ1n) is 15.4. The molecular weight excluding hydrogens is 628 g/mol. The number of hydrogen-bond donors (Lipinski definition) is 0. The molecule has 1 saturated heterocycles. The molecule has 0 aromatic heterocycles. The molecule has 1 fully saturated rings. The van der Waals surface area contributed by atoms with Crippen LogP contribution >= 0.6 is 0 Å². The van der Waals surface area contributed by atoms with Crippen molar-refractivity contribution < 1.29 is 40.3 Å². The van der Waals surface area contributed by atoms with Gasteiger partial charge in [-0.25, -0.2) is 26.3 Å². The average molecular weight is 657 g/mol. The number of hydrogen-bond acceptors (Lipinski definition) is 2. The second kappa shape index (κ2) is 10.9. The van der Waals surface area contributed by atoms with E-state index in [-0.39, 0.29) is 11.1 Å². The molecule has 0 aliphatic carbocycles. The van der Waals surface area contributed by atoms with Crippen LogP contribution in [0.5, 0.6) is 0 Å². The molecule has 9 heteroatoms. The van der Waals surface area contributed by atoms with E-state index >= 15 is 0 Å². The van der Waals surface area contributed by atoms with Crippen LogP contribution in [0.25, 0.3) is 54.9 Å². The molecule has 0 radical (unpaired) electrons. The number of halogens is 6. The number of methoxy groups -OCH3 is 2. The maximum atomic E-state index is 14.8. The van der Waals surface area contributed by atoms with Gasteiger partial charge in [0.2, 0.25) is 0 Å². The second-order valence-corrected chi connectivity index (χ2v) is 12.8. The van der Waals surface area contributed by atoms with Gasteiger partial charge < -0.3 is 14.0 Å². The summed E-state index contributed by atoms with van der Waals surface area (Å²) in [5.41, 5.74) is 4.47. The van der Waals surface area contributed by atoms with Crippen LogP contribution in [0.15, 0.2) is 84.9 Å². The highest BCUT2D eigenvalue weighted by atomic mass is 19.2. The Hall–Kier alpha value is -4.70. The molecule has 0 atom stereocenters. The number of rotatable bonds is 4. The van der Waals surface area contributed by atoms with E-state index in [2.05, 4.69) is 0 Å². The average Bonchev–Trinajstić information content (AvgIpc) is 3.23. The SMILES string of the molecule is COC1(OC)C[N+]2(Cc3c(-c4cc(F)c(F)c(F)c4)cc4ccccc4c3-c3c(c(-c4cc(F)c(F)c(F)c4)cc4ccccc34)C2)C1. The zero-order valence-corrected chi connectivity index (χ0v) is 25.9. The third-order valence-corrected chi connectivity index (χ3v) is 10.0. The maximum absolute atomic E-state index is 14.8. The van der Waals surface area contributed by atoms with Crippen molar-refractivity contribution in [3.63, 3.8) is 0 Å². The largest absolute Gasteiger partial charge is 0.344 e. The first-order valence-corrected chi connectivity index (χ1v) is 15.4. The van der Waals surface area contributed by atoms with E-state index in [1.54, 1.807) is 14.2 Å². The minimum atomic E-state index is -1.55. The van der Waals surface area contributed by atoms with E-state index < -0.39 is 40.7 Å². The van der Waals surface area contributed by atoms with Gasteiger partial charge in [0, 0.05) is 36.5 Å². The molecule has 0 bridgehead atoms. The lowest BCUT2D eigenvalue weighted by molar-refractivity contribution is -1.01. The fourth-order valence-electron chi connectivity index (χ4n) is 7.89. The summed E-state index contributed by atoms with van der Waals surface area (Å²) in [4.78, 5) is 0. The van der Waals surface area contributed by atoms with Crippen molar-refractivity contribution >= 4 is 21.5 Å². The lowest BCUT2D eigenvalue weighted by atomic mass is 9.82. The molecule has 8 rings (SSSR count). The summed E-state index contributed by atoms with van der Waals surface area (Å²) >= 11 is 0. The van der Waals surface area contributed by atoms with Crippen LogP contribution in [0, 0.1) is 34.9 Å². The van der Waals surface area contributed by atoms with Gasteiger partial charge in [-0.15, -0.1) is 0 Å². The molecule has 2 aliphatic rings. The number of fused-ring (bicyclic) bond motifs is 7. The highest BCUT2D eigenvalue weighted by Crippen LogP contribution is 2.52. The van der Waals surface area contributed by atoms with Gasteiger partial charge in [-0.3, -0.25) is 0 Å². The van der Waals surface area contributed by atoms with Crippen LogP contribution in [-0.2, 0) is 22.6 Å². The molecule has 2 heterocycles. The lowest BCUT2D eigenvalue weighted by Crippen LogP contribution is -2.73. The molecular formula is C39H28F6NO2+. The third-order valence-electron chi connectivity index (χ3n) is 10.0. The summed E-state index contributed by atoms with van der Waals surface area (Å²) in [5.74, 6) is -9.25. The minimum Gasteiger partial charge on any atom is -0.344 e. The molecule has 1 spiro atoms. The first-order chi connectivity index (χ1) is 23.1. The summed E-state index contributed by atoms with van der Waals surface area (Å²) in [7, 11) is 3.12. The van der Waals surface area contributed by atoms with E-state index in [9.17, 15) is 26.3 Å². The molecule has 3 nitrogen and oxygen atoms in total. The van der Waals surface area contributed by atoms with Gasteiger partial charge in [0.15, 0.2) is 34.9 Å². The Labute approximate surface area is 272 Å². The predicted molar refractivity (Wildman–Crippen MR) is 172 cm³/mol. The Morgan fingerprint density at radius 2 is 0.917 bits per heavy atom. The van der Waals surface area contributed by atoms with Crippen LogP contribution in [0.3, 0.4) is 0 Å². The topological polar surface area (TPSA) is 18.5 Å². The fourth-order valence-corrected chi connectivity index (χ4v) is 7.89. The summed E-state index contributed by atoms with van der Waals surface area (Å²) in [5, 5.41) is 3.25. The zero-order valence-electron chi connectivity index (χ0n) is 25.9. The lowest BCUT2D eigenvalue weighted by Gasteiger charge is -2.55. The number of ether oxygens (including phenoxy) is 2. The third kappa shape index (κ3) is 4.56. The van der Waals surface area contributed by atoms with Crippen molar-refractivity contribution in [2.24, 2.45) is 0 Å². The van der Waals surface area contributed by atoms with Crippen molar-refractivity contribution in [2.75, 3.05) is 27.3 Å². The summed E-state index contributed by atoms with van der Waals surface area (Å²) in [6.45, 7) is 1.49. The highest BCUT2D eigenvalue weighted by molar-refractivity contribution is 6.12. The van der Waals surface area contributed by atoms with Gasteiger partial charge in [0.05, 0.1) is 0 Å². The Kier molecular flexibility index (Phi) is 6.96.